The largest absolute Gasteiger partial charge is 0.482 e. The van der Waals surface area contributed by atoms with Crippen LogP contribution in [0.4, 0.5) is 17.1 Å². The Morgan fingerprint density at radius 3 is 2.89 bits per heavy atom. The van der Waals surface area contributed by atoms with Crippen LogP contribution in [-0.2, 0) is 4.79 Å². The lowest BCUT2D eigenvalue weighted by Gasteiger charge is -2.22. The van der Waals surface area contributed by atoms with Gasteiger partial charge >= 0.3 is 0 Å². The summed E-state index contributed by atoms with van der Waals surface area (Å²) in [5.74, 6) is 0.517. The van der Waals surface area contributed by atoms with Gasteiger partial charge in [0.2, 0.25) is 0 Å². The van der Waals surface area contributed by atoms with Crippen LogP contribution in [0.3, 0.4) is 0 Å². The molecule has 0 aromatic heterocycles. The maximum absolute atomic E-state index is 11.3. The van der Waals surface area contributed by atoms with Crippen molar-refractivity contribution in [3.63, 3.8) is 0 Å². The Labute approximate surface area is 106 Å². The molecule has 0 unspecified atom stereocenters. The number of nitrogens with one attached hydrogen (secondary N) is 2. The molecule has 0 spiro atoms. The summed E-state index contributed by atoms with van der Waals surface area (Å²) >= 11 is 0. The summed E-state index contributed by atoms with van der Waals surface area (Å²) in [7, 11) is 0. The van der Waals surface area contributed by atoms with Gasteiger partial charge in [0.1, 0.15) is 5.75 Å². The summed E-state index contributed by atoms with van der Waals surface area (Å²) in [5.41, 5.74) is 8.24. The number of fused-ring (bicyclic) bond motifs is 1. The number of ether oxygens (including phenoxy) is 1. The fourth-order valence-electron chi connectivity index (χ4n) is 2.56. The smallest absolute Gasteiger partial charge is 0.262 e. The van der Waals surface area contributed by atoms with Crippen LogP contribution in [0.1, 0.15) is 25.7 Å². The third kappa shape index (κ3) is 2.08. The molecular formula is C13H17N3O2. The van der Waals surface area contributed by atoms with Crippen LogP contribution in [0.2, 0.25) is 0 Å². The van der Waals surface area contributed by atoms with Crippen molar-refractivity contribution in [2.75, 3.05) is 23.0 Å². The number of hydrogen-bond donors (Lipinski definition) is 3. The highest BCUT2D eigenvalue weighted by Gasteiger charge is 2.20. The van der Waals surface area contributed by atoms with E-state index in [0.29, 0.717) is 23.2 Å². The molecule has 4 N–H and O–H groups in total. The molecule has 18 heavy (non-hydrogen) atoms. The Kier molecular flexibility index (Phi) is 2.74. The maximum atomic E-state index is 11.3. The van der Waals surface area contributed by atoms with Crippen LogP contribution in [0.25, 0.3) is 0 Å². The third-order valence-corrected chi connectivity index (χ3v) is 3.50. The molecule has 1 aromatic rings. The molecule has 1 amide bonds. The lowest BCUT2D eigenvalue weighted by atomic mass is 10.1. The molecule has 5 heteroatoms. The second-order valence-electron chi connectivity index (χ2n) is 4.90. The number of nitrogens with two attached hydrogens (primary N) is 1. The molecule has 3 rings (SSSR count). The third-order valence-electron chi connectivity index (χ3n) is 3.50. The number of amides is 1. The van der Waals surface area contributed by atoms with Gasteiger partial charge in [-0.05, 0) is 18.9 Å². The van der Waals surface area contributed by atoms with E-state index in [9.17, 15) is 4.79 Å². The topological polar surface area (TPSA) is 76.4 Å². The van der Waals surface area contributed by atoms with Crippen LogP contribution in [0.5, 0.6) is 5.75 Å². The summed E-state index contributed by atoms with van der Waals surface area (Å²) in [6.07, 6.45) is 4.89. The van der Waals surface area contributed by atoms with Gasteiger partial charge in [-0.3, -0.25) is 4.79 Å². The first-order valence-electron chi connectivity index (χ1n) is 6.35. The Balaban J connectivity index is 1.85. The van der Waals surface area contributed by atoms with Gasteiger partial charge < -0.3 is 21.1 Å². The summed E-state index contributed by atoms with van der Waals surface area (Å²) < 4.78 is 5.32. The number of anilines is 3. The van der Waals surface area contributed by atoms with Gasteiger partial charge in [-0.1, -0.05) is 12.8 Å². The number of carbonyl (C=O) groups excluding carboxylic acids is 1. The highest BCUT2D eigenvalue weighted by Crippen LogP contribution is 2.36. The normalized spacial score (nSPS) is 19.0. The molecule has 1 saturated carbocycles. The molecule has 0 bridgehead atoms. The van der Waals surface area contributed by atoms with Crippen molar-refractivity contribution in [3.8, 4) is 5.75 Å². The van der Waals surface area contributed by atoms with Gasteiger partial charge in [-0.15, -0.1) is 0 Å². The van der Waals surface area contributed by atoms with Crippen LogP contribution >= 0.6 is 0 Å². The van der Waals surface area contributed by atoms with Gasteiger partial charge in [0, 0.05) is 12.1 Å². The van der Waals surface area contributed by atoms with Gasteiger partial charge in [-0.2, -0.15) is 0 Å². The summed E-state index contributed by atoms with van der Waals surface area (Å²) in [4.78, 5) is 11.3. The van der Waals surface area contributed by atoms with Crippen LogP contribution in [-0.4, -0.2) is 18.6 Å². The molecule has 1 fully saturated rings. The number of carbonyl (C=O) groups is 1. The van der Waals surface area contributed by atoms with E-state index < -0.39 is 0 Å². The molecule has 5 nitrogen and oxygen atoms in total. The molecular weight excluding hydrogens is 230 g/mol. The second-order valence-corrected chi connectivity index (χ2v) is 4.90. The lowest BCUT2D eigenvalue weighted by molar-refractivity contribution is -0.118. The fraction of sp³-hybridized carbons (Fsp3) is 0.462. The van der Waals surface area contributed by atoms with Crippen molar-refractivity contribution in [2.45, 2.75) is 31.7 Å². The average Bonchev–Trinajstić information content (AvgIpc) is 2.83. The van der Waals surface area contributed by atoms with Gasteiger partial charge in [0.25, 0.3) is 5.91 Å². The van der Waals surface area contributed by atoms with Gasteiger partial charge in [0.15, 0.2) is 6.61 Å². The first-order chi connectivity index (χ1) is 8.72. The number of hydrogen-bond acceptors (Lipinski definition) is 4. The Morgan fingerprint density at radius 2 is 2.11 bits per heavy atom. The Hall–Kier alpha value is -1.91. The zero-order valence-electron chi connectivity index (χ0n) is 10.2. The minimum atomic E-state index is -0.126. The molecule has 96 valence electrons. The van der Waals surface area contributed by atoms with E-state index in [1.54, 1.807) is 6.07 Å². The molecule has 2 aliphatic rings. The van der Waals surface area contributed by atoms with Crippen molar-refractivity contribution >= 4 is 23.0 Å². The van der Waals surface area contributed by atoms with E-state index in [-0.39, 0.29) is 12.5 Å². The zero-order valence-corrected chi connectivity index (χ0v) is 10.2. The molecule has 1 aliphatic carbocycles. The highest BCUT2D eigenvalue weighted by atomic mass is 16.5. The van der Waals surface area contributed by atoms with Crippen LogP contribution in [0.15, 0.2) is 12.1 Å². The molecule has 1 aromatic carbocycles. The molecule has 0 atom stereocenters. The second kappa shape index (κ2) is 4.40. The summed E-state index contributed by atoms with van der Waals surface area (Å²) in [6, 6.07) is 4.12. The minimum absolute atomic E-state index is 0.0574. The van der Waals surface area contributed by atoms with Crippen molar-refractivity contribution in [1.82, 2.24) is 0 Å². The molecule has 1 heterocycles. The highest BCUT2D eigenvalue weighted by molar-refractivity contribution is 5.97. The SMILES string of the molecule is Nc1cc2c(cc1NC1CCCC1)NC(=O)CO2. The minimum Gasteiger partial charge on any atom is -0.482 e. The lowest BCUT2D eigenvalue weighted by Crippen LogP contribution is -2.26. The summed E-state index contributed by atoms with van der Waals surface area (Å²) in [6.45, 7) is 0.0574. The van der Waals surface area contributed by atoms with E-state index in [0.717, 1.165) is 5.69 Å². The number of benzene rings is 1. The average molecular weight is 247 g/mol. The van der Waals surface area contributed by atoms with E-state index in [2.05, 4.69) is 10.6 Å². The Bertz CT molecular complexity index is 481. The van der Waals surface area contributed by atoms with E-state index in [1.165, 1.54) is 25.7 Å². The first-order valence-corrected chi connectivity index (χ1v) is 6.35. The van der Waals surface area contributed by atoms with Crippen LogP contribution < -0.4 is 21.1 Å². The maximum Gasteiger partial charge on any atom is 0.262 e. The van der Waals surface area contributed by atoms with Gasteiger partial charge in [-0.25, -0.2) is 0 Å². The van der Waals surface area contributed by atoms with E-state index >= 15 is 0 Å². The van der Waals surface area contributed by atoms with Crippen molar-refractivity contribution < 1.29 is 9.53 Å². The Morgan fingerprint density at radius 1 is 1.33 bits per heavy atom. The predicted molar refractivity (Wildman–Crippen MR) is 70.9 cm³/mol. The van der Waals surface area contributed by atoms with Gasteiger partial charge in [0.05, 0.1) is 17.1 Å². The van der Waals surface area contributed by atoms with Crippen molar-refractivity contribution in [3.05, 3.63) is 12.1 Å². The standard InChI is InChI=1S/C13H17N3O2/c14-9-5-12-11(16-13(17)7-18-12)6-10(9)15-8-3-1-2-4-8/h5-6,8,15H,1-4,7,14H2,(H,16,17). The number of nitrogen functional groups attached to an aromatic ring is 1. The monoisotopic (exact) mass is 247 g/mol. The zero-order chi connectivity index (χ0) is 12.5. The van der Waals surface area contributed by atoms with Crippen molar-refractivity contribution in [2.24, 2.45) is 0 Å². The predicted octanol–water partition coefficient (Wildman–Crippen LogP) is 1.95. The number of rotatable bonds is 2. The van der Waals surface area contributed by atoms with Crippen molar-refractivity contribution in [1.29, 1.82) is 0 Å². The van der Waals surface area contributed by atoms with Crippen LogP contribution in [0, 0.1) is 0 Å². The molecule has 0 radical (unpaired) electrons. The molecule has 0 saturated heterocycles. The molecule has 1 aliphatic heterocycles. The van der Waals surface area contributed by atoms with E-state index in [4.69, 9.17) is 10.5 Å². The quantitative estimate of drug-likeness (QED) is 0.698. The van der Waals surface area contributed by atoms with E-state index in [1.807, 2.05) is 6.07 Å². The fourth-order valence-corrected chi connectivity index (χ4v) is 2.56. The first kappa shape index (κ1) is 11.2. The summed E-state index contributed by atoms with van der Waals surface area (Å²) in [5, 5.41) is 6.24.